The number of fused-ring (bicyclic) bond motifs is 2. The van der Waals surface area contributed by atoms with Crippen LogP contribution in [0, 0.1) is 0 Å². The molecule has 0 amide bonds. The number of nitrogens with one attached hydrogen (secondary N) is 2. The summed E-state index contributed by atoms with van der Waals surface area (Å²) in [7, 11) is -8.93. The maximum Gasteiger partial charge on any atom is 2.00 e. The average molecular weight is 927 g/mol. The maximum atomic E-state index is 11.4. The molecule has 10 nitrogen and oxygen atoms in total. The first-order chi connectivity index (χ1) is 30.0. The van der Waals surface area contributed by atoms with Gasteiger partial charge in [0.1, 0.15) is 20.2 Å². The predicted molar refractivity (Wildman–Crippen MR) is 258 cm³/mol. The molecule has 0 aromatic heterocycles. The molecule has 63 heavy (non-hydrogen) atoms. The summed E-state index contributed by atoms with van der Waals surface area (Å²) in [4.78, 5) is 4.22. The molecule has 2 atom stereocenters. The van der Waals surface area contributed by atoms with Crippen molar-refractivity contribution in [1.82, 2.24) is 0 Å². The van der Waals surface area contributed by atoms with Crippen LogP contribution in [0.15, 0.2) is 107 Å². The fourth-order valence-corrected chi connectivity index (χ4v) is 9.62. The third-order valence-corrected chi connectivity index (χ3v) is 13.7. The third kappa shape index (κ3) is 17.5. The van der Waals surface area contributed by atoms with E-state index < -0.39 is 20.2 Å². The first-order valence-electron chi connectivity index (χ1n) is 23.3. The van der Waals surface area contributed by atoms with Crippen molar-refractivity contribution in [2.75, 3.05) is 20.4 Å². The zero-order valence-electron chi connectivity index (χ0n) is 37.8. The average Bonchev–Trinajstić information content (AvgIpc) is 3.78. The topological polar surface area (TPSA) is 145 Å². The quantitative estimate of drug-likeness (QED) is 0.0355. The summed E-state index contributed by atoms with van der Waals surface area (Å²) in [5, 5.41) is 6.93. The van der Waals surface area contributed by atoms with E-state index in [0.717, 1.165) is 61.5 Å². The van der Waals surface area contributed by atoms with Crippen molar-refractivity contribution in [1.29, 1.82) is 0 Å². The Kier molecular flexibility index (Phi) is 23.1. The molecule has 0 saturated heterocycles. The van der Waals surface area contributed by atoms with Crippen LogP contribution in [0.1, 0.15) is 153 Å². The van der Waals surface area contributed by atoms with Crippen LogP contribution in [-0.4, -0.2) is 76.0 Å². The van der Waals surface area contributed by atoms with Crippen LogP contribution >= 0.6 is 0 Å². The molecule has 2 heterocycles. The second-order valence-electron chi connectivity index (χ2n) is 17.0. The van der Waals surface area contributed by atoms with E-state index in [1.807, 2.05) is 36.4 Å². The van der Waals surface area contributed by atoms with Gasteiger partial charge in [0.05, 0.1) is 44.9 Å². The van der Waals surface area contributed by atoms with Gasteiger partial charge in [0.25, 0.3) is 0 Å². The zero-order chi connectivity index (χ0) is 44.2. The molecule has 2 aliphatic heterocycles. The molecule has 2 N–H and O–H groups in total. The van der Waals surface area contributed by atoms with E-state index >= 15 is 0 Å². The van der Waals surface area contributed by atoms with Gasteiger partial charge in [0.15, 0.2) is 0 Å². The van der Waals surface area contributed by atoms with Crippen LogP contribution in [0.3, 0.4) is 0 Å². The van der Waals surface area contributed by atoms with Crippen molar-refractivity contribution in [3.63, 3.8) is 0 Å². The molecule has 0 aliphatic carbocycles. The molecule has 0 radical (unpaired) electrons. The van der Waals surface area contributed by atoms with E-state index in [1.54, 1.807) is 12.1 Å². The minimum Gasteiger partial charge on any atom is -0.744 e. The number of benzene rings is 4. The molecule has 0 saturated carbocycles. The molecular weight excluding hydrogens is 857 g/mol. The normalized spacial score (nSPS) is 15.4. The first kappa shape index (κ1) is 52.8. The summed E-state index contributed by atoms with van der Waals surface area (Å²) in [5.74, 6) is 0. The van der Waals surface area contributed by atoms with E-state index in [-0.39, 0.29) is 59.9 Å². The molecule has 6 rings (SSSR count). The van der Waals surface area contributed by atoms with Gasteiger partial charge in [-0.1, -0.05) is 177 Å². The maximum absolute atomic E-state index is 11.4. The Morgan fingerprint density at radius 2 is 0.778 bits per heavy atom. The molecule has 0 spiro atoms. The van der Waals surface area contributed by atoms with Crippen LogP contribution < -0.4 is 20.4 Å². The van der Waals surface area contributed by atoms with E-state index in [9.17, 15) is 25.9 Å². The minimum atomic E-state index is -4.46. The van der Waals surface area contributed by atoms with Gasteiger partial charge < -0.3 is 29.5 Å². The second kappa shape index (κ2) is 27.6. The summed E-state index contributed by atoms with van der Waals surface area (Å²) < 4.78 is 68.7. The molecule has 4 aromatic rings. The molecular formula is C50H70CaN4O6S2. The molecule has 2 aliphatic rings. The molecule has 2 unspecified atom stereocenters. The van der Waals surface area contributed by atoms with E-state index in [0.29, 0.717) is 0 Å². The first-order valence-corrected chi connectivity index (χ1v) is 26.1. The number of anilines is 4. The Morgan fingerprint density at radius 3 is 1.10 bits per heavy atom. The molecule has 0 fully saturated rings. The van der Waals surface area contributed by atoms with E-state index in [1.165, 1.54) is 138 Å². The van der Waals surface area contributed by atoms with Gasteiger partial charge in [-0.25, -0.2) is 16.8 Å². The SMILES string of the molecule is CCCCCCCCCCCC1Nc2cc(S(=O)(=O)[O-])ccc2N1Cc1ccccc1.CCCCCCCCCCCC1Nc2cc(S(=O)(=O)[O-])ccc2N1Cc1ccccc1.[Ca+2]. The summed E-state index contributed by atoms with van der Waals surface area (Å²) in [6.45, 7) is 5.98. The molecule has 13 heteroatoms. The van der Waals surface area contributed by atoms with Crippen molar-refractivity contribution >= 4 is 80.7 Å². The number of rotatable bonds is 26. The Hall–Kier alpha value is -2.84. The predicted octanol–water partition coefficient (Wildman–Crippen LogP) is 12.2. The second-order valence-corrected chi connectivity index (χ2v) is 19.8. The van der Waals surface area contributed by atoms with Gasteiger partial charge in [-0.05, 0) is 73.2 Å². The summed E-state index contributed by atoms with van der Waals surface area (Å²) >= 11 is 0. The van der Waals surface area contributed by atoms with Crippen LogP contribution in [0.2, 0.25) is 0 Å². The summed E-state index contributed by atoms with van der Waals surface area (Å²) in [5.41, 5.74) is 5.78. The van der Waals surface area contributed by atoms with E-state index in [2.05, 4.69) is 58.5 Å². The van der Waals surface area contributed by atoms with Gasteiger partial charge >= 0.3 is 37.7 Å². The van der Waals surface area contributed by atoms with Crippen LogP contribution in [-0.2, 0) is 33.3 Å². The van der Waals surface area contributed by atoms with Gasteiger partial charge in [0, 0.05) is 13.1 Å². The smallest absolute Gasteiger partial charge is 0.744 e. The van der Waals surface area contributed by atoms with Crippen LogP contribution in [0.5, 0.6) is 0 Å². The fourth-order valence-electron chi connectivity index (χ4n) is 8.63. The Morgan fingerprint density at radius 1 is 0.460 bits per heavy atom. The summed E-state index contributed by atoms with van der Waals surface area (Å²) in [6.07, 6.45) is 25.3. The van der Waals surface area contributed by atoms with Gasteiger partial charge in [0.2, 0.25) is 0 Å². The van der Waals surface area contributed by atoms with Crippen LogP contribution in [0.25, 0.3) is 0 Å². The Balaban J connectivity index is 0.000000272. The van der Waals surface area contributed by atoms with Crippen molar-refractivity contribution in [2.45, 2.75) is 177 Å². The zero-order valence-corrected chi connectivity index (χ0v) is 41.7. The number of unbranched alkanes of at least 4 members (excludes halogenated alkanes) is 16. The monoisotopic (exact) mass is 926 g/mol. The van der Waals surface area contributed by atoms with Gasteiger partial charge in [-0.3, -0.25) is 0 Å². The molecule has 4 aromatic carbocycles. The third-order valence-electron chi connectivity index (χ3n) is 12.1. The number of hydrogen-bond donors (Lipinski definition) is 2. The van der Waals surface area contributed by atoms with Crippen LogP contribution in [0.4, 0.5) is 22.7 Å². The van der Waals surface area contributed by atoms with E-state index in [4.69, 9.17) is 0 Å². The minimum absolute atomic E-state index is 0. The Bertz CT molecular complexity index is 1990. The number of hydrogen-bond acceptors (Lipinski definition) is 10. The molecule has 340 valence electrons. The summed E-state index contributed by atoms with van der Waals surface area (Å²) in [6, 6.07) is 29.8. The Labute approximate surface area is 409 Å². The van der Waals surface area contributed by atoms with Crippen molar-refractivity contribution in [3.05, 3.63) is 108 Å². The van der Waals surface area contributed by atoms with Crippen molar-refractivity contribution in [2.24, 2.45) is 0 Å². The van der Waals surface area contributed by atoms with Gasteiger partial charge in [-0.2, -0.15) is 0 Å². The van der Waals surface area contributed by atoms with Crippen molar-refractivity contribution in [3.8, 4) is 0 Å². The largest absolute Gasteiger partial charge is 2.00 e. The number of nitrogens with zero attached hydrogens (tertiary/aromatic N) is 2. The fraction of sp³-hybridized carbons (Fsp3) is 0.520. The van der Waals surface area contributed by atoms with Crippen molar-refractivity contribution < 1.29 is 25.9 Å². The standard InChI is InChI=1S/2C25H36N2O3S.Ca/c2*1-2-3-4-5-6-7-8-9-13-16-25-26-23-19-22(31(28,29)30)17-18-24(23)27(25)20-21-14-11-10-12-15-21;/h2*10-12,14-15,17-19,25-26H,2-9,13,16,20H2,1H3,(H,28,29,30);/q;;+2/p-2. The van der Waals surface area contributed by atoms with Gasteiger partial charge in [-0.15, -0.1) is 0 Å². The molecule has 0 bridgehead atoms.